The number of hydrogen-bond acceptors (Lipinski definition) is 4. The predicted octanol–water partition coefficient (Wildman–Crippen LogP) is 9.36. The molecule has 8 unspecified atom stereocenters. The lowest BCUT2D eigenvalue weighted by Gasteiger charge is -2.61. The highest BCUT2D eigenvalue weighted by Gasteiger charge is 2.61. The second kappa shape index (κ2) is 11.1. The summed E-state index contributed by atoms with van der Waals surface area (Å²) in [5.41, 5.74) is 16.8. The number of ether oxygens (including phenoxy) is 1. The molecular weight excluding hydrogens is 504 g/mol. The predicted molar refractivity (Wildman–Crippen MR) is 171 cm³/mol. The monoisotopic (exact) mass is 560 g/mol. The van der Waals surface area contributed by atoms with Crippen LogP contribution in [0.1, 0.15) is 123 Å². The first-order valence-electron chi connectivity index (χ1n) is 16.5. The lowest BCUT2D eigenvalue weighted by atomic mass is 9.44. The number of rotatable bonds is 7. The number of fused-ring (bicyclic) bond motifs is 5. The highest BCUT2D eigenvalue weighted by molar-refractivity contribution is 5.92. The van der Waals surface area contributed by atoms with Crippen LogP contribution in [0.15, 0.2) is 41.5 Å². The van der Waals surface area contributed by atoms with Crippen LogP contribution in [0.5, 0.6) is 0 Å². The van der Waals surface area contributed by atoms with Crippen molar-refractivity contribution in [3.63, 3.8) is 0 Å². The fourth-order valence-corrected chi connectivity index (χ4v) is 10.6. The Balaban J connectivity index is 1.31. The average molecular weight is 561 g/mol. The molecule has 3 saturated carbocycles. The van der Waals surface area contributed by atoms with Gasteiger partial charge in [-0.05, 0) is 130 Å². The summed E-state index contributed by atoms with van der Waals surface area (Å²) >= 11 is 0. The van der Waals surface area contributed by atoms with Crippen LogP contribution < -0.4 is 11.5 Å². The fraction of sp³-hybridized carbons (Fsp3) is 0.703. The number of hydrogen-bond donors (Lipinski definition) is 2. The number of nitrogen functional groups attached to an aromatic ring is 2. The largest absolute Gasteiger partial charge is 0.458 e. The molecule has 4 aliphatic carbocycles. The van der Waals surface area contributed by atoms with Crippen molar-refractivity contribution in [3.8, 4) is 0 Å². The summed E-state index contributed by atoms with van der Waals surface area (Å²) in [4.78, 5) is 13.2. The summed E-state index contributed by atoms with van der Waals surface area (Å²) in [7, 11) is 0. The van der Waals surface area contributed by atoms with Gasteiger partial charge in [0, 0.05) is 16.8 Å². The van der Waals surface area contributed by atoms with Crippen LogP contribution in [0.4, 0.5) is 11.4 Å². The van der Waals surface area contributed by atoms with Crippen molar-refractivity contribution in [2.45, 2.75) is 119 Å². The van der Waals surface area contributed by atoms with Crippen LogP contribution in [0.25, 0.3) is 0 Å². The molecule has 5 rings (SSSR count). The van der Waals surface area contributed by atoms with Gasteiger partial charge in [-0.15, -0.1) is 0 Å². The first-order chi connectivity index (χ1) is 19.3. The zero-order valence-electron chi connectivity index (χ0n) is 26.9. The molecule has 1 aromatic rings. The van der Waals surface area contributed by atoms with Crippen LogP contribution in [-0.2, 0) is 4.74 Å². The Morgan fingerprint density at radius 1 is 1.00 bits per heavy atom. The van der Waals surface area contributed by atoms with Crippen molar-refractivity contribution < 1.29 is 9.53 Å². The van der Waals surface area contributed by atoms with E-state index >= 15 is 0 Å². The highest BCUT2D eigenvalue weighted by atomic mass is 16.5. The van der Waals surface area contributed by atoms with Gasteiger partial charge in [0.1, 0.15) is 6.10 Å². The van der Waals surface area contributed by atoms with Crippen molar-refractivity contribution in [2.24, 2.45) is 45.8 Å². The summed E-state index contributed by atoms with van der Waals surface area (Å²) in [5.74, 6) is 3.73. The SMILES string of the molecule is CC(C)=CCCCC(C)C1CCC2C3CC=C4C(C)(C)C(OC(=O)c5cc(N)cc(N)c5)CCC4(C)C3CCC12C. The van der Waals surface area contributed by atoms with Gasteiger partial charge in [-0.3, -0.25) is 0 Å². The molecule has 0 heterocycles. The molecule has 4 nitrogen and oxygen atoms in total. The van der Waals surface area contributed by atoms with Crippen molar-refractivity contribution in [1.29, 1.82) is 0 Å². The molecule has 0 bridgehead atoms. The Kier molecular flexibility index (Phi) is 8.20. The van der Waals surface area contributed by atoms with Gasteiger partial charge in [-0.1, -0.05) is 64.3 Å². The first-order valence-corrected chi connectivity index (χ1v) is 16.5. The molecule has 0 aliphatic heterocycles. The number of carbonyl (C=O) groups is 1. The third kappa shape index (κ3) is 5.38. The maximum absolute atomic E-state index is 13.2. The number of benzene rings is 1. The van der Waals surface area contributed by atoms with E-state index in [1.807, 2.05) is 0 Å². The standard InChI is InChI=1S/C37H56N2O2/c1-23(2)10-8-9-11-24(3)29-13-14-30-28-12-15-32-35(4,5)33(41-34(40)25-20-26(38)22-27(39)21-25)17-19-37(32,7)31(28)16-18-36(29,30)6/h10,15,20-22,24,28-31,33H,8-9,11-14,16-19,38-39H2,1-7H3. The molecule has 0 amide bonds. The first kappa shape index (κ1) is 30.2. The number of carbonyl (C=O) groups excluding carboxylic acids is 1. The van der Waals surface area contributed by atoms with E-state index in [0.717, 1.165) is 42.4 Å². The minimum Gasteiger partial charge on any atom is -0.458 e. The molecule has 0 radical (unpaired) electrons. The Morgan fingerprint density at radius 2 is 1.71 bits per heavy atom. The Labute approximate surface area is 249 Å². The van der Waals surface area contributed by atoms with E-state index in [1.165, 1.54) is 62.5 Å². The van der Waals surface area contributed by atoms with Crippen LogP contribution in [-0.4, -0.2) is 12.1 Å². The van der Waals surface area contributed by atoms with Gasteiger partial charge in [0.05, 0.1) is 5.56 Å². The van der Waals surface area contributed by atoms with Crippen LogP contribution in [0.3, 0.4) is 0 Å². The van der Waals surface area contributed by atoms with Gasteiger partial charge in [0.15, 0.2) is 0 Å². The Hall–Kier alpha value is -2.23. The molecule has 226 valence electrons. The van der Waals surface area contributed by atoms with Crippen molar-refractivity contribution in [3.05, 3.63) is 47.1 Å². The smallest absolute Gasteiger partial charge is 0.338 e. The van der Waals surface area contributed by atoms with Crippen molar-refractivity contribution in [1.82, 2.24) is 0 Å². The number of unbranched alkanes of at least 4 members (excludes halogenated alkanes) is 1. The molecule has 8 atom stereocenters. The summed E-state index contributed by atoms with van der Waals surface area (Å²) in [6.07, 6.45) is 17.5. The minimum absolute atomic E-state index is 0.148. The molecule has 4 heteroatoms. The second-order valence-corrected chi connectivity index (χ2v) is 15.6. The number of esters is 1. The van der Waals surface area contributed by atoms with E-state index in [1.54, 1.807) is 18.2 Å². The molecule has 0 spiro atoms. The van der Waals surface area contributed by atoms with Gasteiger partial charge in [-0.25, -0.2) is 4.79 Å². The van der Waals surface area contributed by atoms with Crippen LogP contribution >= 0.6 is 0 Å². The molecule has 3 fully saturated rings. The molecule has 4 aliphatic rings. The molecule has 4 N–H and O–H groups in total. The van der Waals surface area contributed by atoms with Gasteiger partial charge in [0.25, 0.3) is 0 Å². The molecule has 0 aromatic heterocycles. The average Bonchev–Trinajstić information content (AvgIpc) is 3.25. The Bertz CT molecular complexity index is 1190. The topological polar surface area (TPSA) is 78.3 Å². The summed E-state index contributed by atoms with van der Waals surface area (Å²) in [6.45, 7) is 16.8. The van der Waals surface area contributed by atoms with Gasteiger partial charge < -0.3 is 16.2 Å². The second-order valence-electron chi connectivity index (χ2n) is 15.6. The van der Waals surface area contributed by atoms with Crippen LogP contribution in [0.2, 0.25) is 0 Å². The highest BCUT2D eigenvalue weighted by Crippen LogP contribution is 2.69. The summed E-state index contributed by atoms with van der Waals surface area (Å²) < 4.78 is 6.22. The third-order valence-electron chi connectivity index (χ3n) is 12.5. The fourth-order valence-electron chi connectivity index (χ4n) is 10.6. The van der Waals surface area contributed by atoms with Gasteiger partial charge in [-0.2, -0.15) is 0 Å². The van der Waals surface area contributed by atoms with E-state index < -0.39 is 0 Å². The number of nitrogens with two attached hydrogens (primary N) is 2. The molecular formula is C37H56N2O2. The lowest BCUT2D eigenvalue weighted by Crippen LogP contribution is -2.55. The van der Waals surface area contributed by atoms with E-state index in [9.17, 15) is 4.79 Å². The van der Waals surface area contributed by atoms with Crippen molar-refractivity contribution >= 4 is 17.3 Å². The normalized spacial score (nSPS) is 36.3. The van der Waals surface area contributed by atoms with Crippen molar-refractivity contribution in [2.75, 3.05) is 11.5 Å². The zero-order valence-corrected chi connectivity index (χ0v) is 26.9. The maximum atomic E-state index is 13.2. The third-order valence-corrected chi connectivity index (χ3v) is 12.5. The number of allylic oxidation sites excluding steroid dienone is 3. The maximum Gasteiger partial charge on any atom is 0.338 e. The van der Waals surface area contributed by atoms with Gasteiger partial charge >= 0.3 is 5.97 Å². The number of anilines is 2. The zero-order chi connectivity index (χ0) is 29.7. The van der Waals surface area contributed by atoms with E-state index in [2.05, 4.69) is 60.6 Å². The van der Waals surface area contributed by atoms with E-state index in [4.69, 9.17) is 16.2 Å². The van der Waals surface area contributed by atoms with Gasteiger partial charge in [0.2, 0.25) is 0 Å². The molecule has 41 heavy (non-hydrogen) atoms. The summed E-state index contributed by atoms with van der Waals surface area (Å²) in [5, 5.41) is 0. The summed E-state index contributed by atoms with van der Waals surface area (Å²) in [6, 6.07) is 5.01. The lowest BCUT2D eigenvalue weighted by molar-refractivity contribution is -0.0827. The molecule has 0 saturated heterocycles. The minimum atomic E-state index is -0.319. The van der Waals surface area contributed by atoms with E-state index in [0.29, 0.717) is 22.4 Å². The molecule has 1 aromatic carbocycles. The quantitative estimate of drug-likeness (QED) is 0.151. The van der Waals surface area contributed by atoms with Crippen LogP contribution in [0, 0.1) is 45.8 Å². The van der Waals surface area contributed by atoms with E-state index in [-0.39, 0.29) is 22.9 Å². The Morgan fingerprint density at radius 3 is 2.39 bits per heavy atom.